The summed E-state index contributed by atoms with van der Waals surface area (Å²) in [5.74, 6) is 0. The number of nitrogens with one attached hydrogen (secondary N) is 1. The molecular weight excluding hydrogens is 452 g/mol. The number of halogens is 1. The number of hydrogen-bond donors (Lipinski definition) is 1. The van der Waals surface area contributed by atoms with Crippen LogP contribution < -0.4 is 0 Å². The molecule has 0 aliphatic carbocycles. The van der Waals surface area contributed by atoms with Crippen molar-refractivity contribution in [2.45, 2.75) is 11.8 Å². The Morgan fingerprint density at radius 2 is 1.86 bits per heavy atom. The van der Waals surface area contributed by atoms with Crippen molar-refractivity contribution in [3.05, 3.63) is 77.3 Å². The van der Waals surface area contributed by atoms with E-state index in [-0.39, 0.29) is 10.5 Å². The molecule has 5 aromatic rings. The normalized spacial score (nSPS) is 12.1. The molecule has 29 heavy (non-hydrogen) atoms. The van der Waals surface area contributed by atoms with Crippen LogP contribution in [0.2, 0.25) is 0 Å². The Bertz CT molecular complexity index is 1480. The summed E-state index contributed by atoms with van der Waals surface area (Å²) >= 11 is 3.35. The number of benzene rings is 2. The summed E-state index contributed by atoms with van der Waals surface area (Å²) < 4.78 is 28.4. The summed E-state index contributed by atoms with van der Waals surface area (Å²) in [6, 6.07) is 14.7. The van der Waals surface area contributed by atoms with Crippen LogP contribution in [0.1, 0.15) is 5.56 Å². The van der Waals surface area contributed by atoms with Gasteiger partial charge >= 0.3 is 0 Å². The number of rotatable bonds is 3. The predicted octanol–water partition coefficient (Wildman–Crippen LogP) is 4.89. The molecule has 0 spiro atoms. The fourth-order valence-corrected chi connectivity index (χ4v) is 4.97. The molecule has 0 unspecified atom stereocenters. The lowest BCUT2D eigenvalue weighted by molar-refractivity contribution is 0.588. The molecule has 0 fully saturated rings. The molecule has 0 saturated heterocycles. The van der Waals surface area contributed by atoms with Gasteiger partial charge in [0.25, 0.3) is 10.0 Å². The summed E-state index contributed by atoms with van der Waals surface area (Å²) in [5.41, 5.74) is 4.38. The maximum atomic E-state index is 13.3. The zero-order valence-electron chi connectivity index (χ0n) is 15.3. The molecule has 0 radical (unpaired) electrons. The van der Waals surface area contributed by atoms with Crippen molar-refractivity contribution >= 4 is 48.0 Å². The molecule has 0 aliphatic heterocycles. The van der Waals surface area contributed by atoms with Crippen LogP contribution >= 0.6 is 15.9 Å². The van der Waals surface area contributed by atoms with Gasteiger partial charge in [-0.3, -0.25) is 0 Å². The molecule has 0 amide bonds. The maximum absolute atomic E-state index is 13.3. The first-order chi connectivity index (χ1) is 13.9. The lowest BCUT2D eigenvalue weighted by atomic mass is 10.1. The standard InChI is InChI=1S/C21H15BrN4O2S/c1-13-2-5-16(6-3-13)29(27,28)26-12-17(20-21(26)24-11-19(22)25-20)14-4-7-18-15(10-14)8-9-23-18/h2-12,23H,1H3. The number of nitrogens with zero attached hydrogens (tertiary/aromatic N) is 3. The number of hydrogen-bond acceptors (Lipinski definition) is 4. The SMILES string of the molecule is Cc1ccc(S(=O)(=O)n2cc(-c3ccc4[nH]ccc4c3)c3nc(Br)cnc32)cc1. The monoisotopic (exact) mass is 466 g/mol. The third kappa shape index (κ3) is 2.95. The number of H-pyrrole nitrogens is 1. The van der Waals surface area contributed by atoms with Crippen molar-refractivity contribution in [2.75, 3.05) is 0 Å². The van der Waals surface area contributed by atoms with Gasteiger partial charge < -0.3 is 4.98 Å². The molecule has 0 atom stereocenters. The number of aryl methyl sites for hydroxylation is 1. The zero-order valence-corrected chi connectivity index (χ0v) is 17.7. The third-order valence-corrected chi connectivity index (χ3v) is 6.92. The van der Waals surface area contributed by atoms with E-state index in [1.807, 2.05) is 37.4 Å². The Hall–Kier alpha value is -2.97. The van der Waals surface area contributed by atoms with Crippen molar-refractivity contribution in [2.24, 2.45) is 0 Å². The van der Waals surface area contributed by atoms with Crippen LogP contribution in [-0.4, -0.2) is 27.3 Å². The van der Waals surface area contributed by atoms with E-state index in [9.17, 15) is 8.42 Å². The fourth-order valence-electron chi connectivity index (χ4n) is 3.38. The predicted molar refractivity (Wildman–Crippen MR) is 116 cm³/mol. The van der Waals surface area contributed by atoms with Gasteiger partial charge in [-0.25, -0.2) is 22.4 Å². The smallest absolute Gasteiger partial charge is 0.269 e. The molecule has 0 bridgehead atoms. The zero-order chi connectivity index (χ0) is 20.2. The van der Waals surface area contributed by atoms with Crippen LogP contribution in [0, 0.1) is 6.92 Å². The second-order valence-electron chi connectivity index (χ2n) is 6.80. The Morgan fingerprint density at radius 3 is 2.66 bits per heavy atom. The molecule has 0 saturated carbocycles. The molecule has 1 N–H and O–H groups in total. The van der Waals surface area contributed by atoms with Gasteiger partial charge in [-0.2, -0.15) is 0 Å². The molecule has 144 valence electrons. The lowest BCUT2D eigenvalue weighted by Crippen LogP contribution is -2.12. The molecule has 3 aromatic heterocycles. The molecule has 0 aliphatic rings. The number of aromatic amines is 1. The van der Waals surface area contributed by atoms with E-state index in [0.29, 0.717) is 15.7 Å². The summed E-state index contributed by atoms with van der Waals surface area (Å²) in [4.78, 5) is 12.2. The van der Waals surface area contributed by atoms with Crippen LogP contribution in [0.4, 0.5) is 0 Å². The Morgan fingerprint density at radius 1 is 1.07 bits per heavy atom. The van der Waals surface area contributed by atoms with Gasteiger partial charge in [0.1, 0.15) is 10.1 Å². The first-order valence-corrected chi connectivity index (χ1v) is 11.1. The minimum Gasteiger partial charge on any atom is -0.361 e. The summed E-state index contributed by atoms with van der Waals surface area (Å²) in [7, 11) is -3.82. The lowest BCUT2D eigenvalue weighted by Gasteiger charge is -2.07. The highest BCUT2D eigenvalue weighted by molar-refractivity contribution is 9.10. The van der Waals surface area contributed by atoms with Crippen molar-refractivity contribution in [3.8, 4) is 11.1 Å². The van der Waals surface area contributed by atoms with Gasteiger partial charge in [0.2, 0.25) is 0 Å². The highest BCUT2D eigenvalue weighted by Gasteiger charge is 2.24. The first-order valence-electron chi connectivity index (χ1n) is 8.87. The van der Waals surface area contributed by atoms with Crippen LogP contribution in [0.15, 0.2) is 76.6 Å². The molecule has 8 heteroatoms. The Labute approximate surface area is 175 Å². The summed E-state index contributed by atoms with van der Waals surface area (Å²) in [6.07, 6.45) is 4.97. The fraction of sp³-hybridized carbons (Fsp3) is 0.0476. The second kappa shape index (κ2) is 6.53. The first kappa shape index (κ1) is 18.1. The third-order valence-electron chi connectivity index (χ3n) is 4.88. The van der Waals surface area contributed by atoms with Gasteiger partial charge in [0.05, 0.1) is 11.1 Å². The van der Waals surface area contributed by atoms with Crippen molar-refractivity contribution < 1.29 is 8.42 Å². The molecule has 5 rings (SSSR count). The van der Waals surface area contributed by atoms with E-state index in [2.05, 4.69) is 30.9 Å². The highest BCUT2D eigenvalue weighted by atomic mass is 79.9. The summed E-state index contributed by atoms with van der Waals surface area (Å²) in [5, 5.41) is 1.03. The number of aromatic nitrogens is 4. The van der Waals surface area contributed by atoms with Gasteiger partial charge in [0.15, 0.2) is 5.65 Å². The molecule has 3 heterocycles. The van der Waals surface area contributed by atoms with E-state index in [1.54, 1.807) is 30.5 Å². The highest BCUT2D eigenvalue weighted by Crippen LogP contribution is 2.33. The number of fused-ring (bicyclic) bond motifs is 2. The van der Waals surface area contributed by atoms with E-state index >= 15 is 0 Å². The van der Waals surface area contributed by atoms with E-state index in [1.165, 1.54) is 10.2 Å². The second-order valence-corrected chi connectivity index (χ2v) is 9.43. The molecular formula is C21H15BrN4O2S. The van der Waals surface area contributed by atoms with E-state index < -0.39 is 10.0 Å². The van der Waals surface area contributed by atoms with Crippen molar-refractivity contribution in [1.29, 1.82) is 0 Å². The van der Waals surface area contributed by atoms with E-state index in [0.717, 1.165) is 22.0 Å². The van der Waals surface area contributed by atoms with E-state index in [4.69, 9.17) is 0 Å². The van der Waals surface area contributed by atoms with Gasteiger partial charge in [-0.05, 0) is 64.1 Å². The van der Waals surface area contributed by atoms with Crippen LogP contribution in [0.3, 0.4) is 0 Å². The van der Waals surface area contributed by atoms with Gasteiger partial charge in [-0.15, -0.1) is 0 Å². The summed E-state index contributed by atoms with van der Waals surface area (Å²) in [6.45, 7) is 1.92. The Balaban J connectivity index is 1.78. The van der Waals surface area contributed by atoms with Crippen molar-refractivity contribution in [3.63, 3.8) is 0 Å². The van der Waals surface area contributed by atoms with Crippen LogP contribution in [-0.2, 0) is 10.0 Å². The quantitative estimate of drug-likeness (QED) is 0.410. The van der Waals surface area contributed by atoms with Gasteiger partial charge in [0, 0.05) is 23.5 Å². The molecule has 2 aromatic carbocycles. The molecule has 6 nitrogen and oxygen atoms in total. The maximum Gasteiger partial charge on any atom is 0.269 e. The van der Waals surface area contributed by atoms with Crippen molar-refractivity contribution in [1.82, 2.24) is 18.9 Å². The Kier molecular flexibility index (Phi) is 4.07. The average Bonchev–Trinajstić information content (AvgIpc) is 3.32. The van der Waals surface area contributed by atoms with Crippen LogP contribution in [0.5, 0.6) is 0 Å². The largest absolute Gasteiger partial charge is 0.361 e. The average molecular weight is 467 g/mol. The van der Waals surface area contributed by atoms with Crippen LogP contribution in [0.25, 0.3) is 33.2 Å². The topological polar surface area (TPSA) is 80.6 Å². The minimum absolute atomic E-state index is 0.206. The van der Waals surface area contributed by atoms with Gasteiger partial charge in [-0.1, -0.05) is 23.8 Å². The minimum atomic E-state index is -3.82.